The van der Waals surface area contributed by atoms with Gasteiger partial charge in [-0.15, -0.1) is 11.3 Å². The number of nitrogens with zero attached hydrogens (tertiary/aromatic N) is 3. The maximum atomic E-state index is 11.9. The Labute approximate surface area is 120 Å². The number of fused-ring (bicyclic) bond motifs is 3. The van der Waals surface area contributed by atoms with Crippen LogP contribution in [-0.4, -0.2) is 22.4 Å². The maximum Gasteiger partial charge on any atom is 0.348 e. The lowest BCUT2D eigenvalue weighted by molar-refractivity contribution is 0.0532. The number of hydrogen-bond acceptors (Lipinski definition) is 5. The average molecular weight is 287 g/mol. The standard InChI is InChI=1S/C14H13N3O2S/c1-2-19-14(18)12-6-10-11(20-12)4-3-5-17-13(10)9(7-15)8-16-17/h6,8H,2-5H2,1H3. The number of nitriles is 1. The van der Waals surface area contributed by atoms with E-state index in [0.717, 1.165) is 35.5 Å². The molecule has 0 spiro atoms. The lowest BCUT2D eigenvalue weighted by atomic mass is 10.1. The van der Waals surface area contributed by atoms with E-state index in [9.17, 15) is 10.1 Å². The summed E-state index contributed by atoms with van der Waals surface area (Å²) in [4.78, 5) is 13.6. The Morgan fingerprint density at radius 1 is 1.65 bits per heavy atom. The molecule has 1 aliphatic rings. The molecule has 0 aromatic carbocycles. The molecule has 0 atom stereocenters. The highest BCUT2D eigenvalue weighted by molar-refractivity contribution is 7.14. The predicted molar refractivity (Wildman–Crippen MR) is 74.5 cm³/mol. The SMILES string of the molecule is CCOC(=O)c1cc2c(s1)CCCn1ncc(C#N)c1-2. The molecule has 0 bridgehead atoms. The van der Waals surface area contributed by atoms with Crippen LogP contribution in [0.15, 0.2) is 12.3 Å². The van der Waals surface area contributed by atoms with Gasteiger partial charge in [0.1, 0.15) is 10.9 Å². The van der Waals surface area contributed by atoms with Crippen LogP contribution in [0.3, 0.4) is 0 Å². The van der Waals surface area contributed by atoms with Gasteiger partial charge in [-0.2, -0.15) is 10.4 Å². The molecule has 0 saturated heterocycles. The summed E-state index contributed by atoms with van der Waals surface area (Å²) < 4.78 is 6.90. The summed E-state index contributed by atoms with van der Waals surface area (Å²) in [5, 5.41) is 13.5. The van der Waals surface area contributed by atoms with Crippen molar-refractivity contribution in [1.29, 1.82) is 5.26 Å². The van der Waals surface area contributed by atoms with Gasteiger partial charge in [0.05, 0.1) is 24.1 Å². The van der Waals surface area contributed by atoms with Gasteiger partial charge in [-0.3, -0.25) is 4.68 Å². The van der Waals surface area contributed by atoms with Gasteiger partial charge in [0.2, 0.25) is 0 Å². The van der Waals surface area contributed by atoms with Crippen LogP contribution in [0.1, 0.15) is 33.5 Å². The molecule has 5 nitrogen and oxygen atoms in total. The molecule has 0 aliphatic carbocycles. The van der Waals surface area contributed by atoms with Crippen molar-refractivity contribution in [2.45, 2.75) is 26.3 Å². The van der Waals surface area contributed by atoms with E-state index in [1.165, 1.54) is 11.3 Å². The number of esters is 1. The van der Waals surface area contributed by atoms with Crippen LogP contribution in [0.5, 0.6) is 0 Å². The number of aryl methyl sites for hydroxylation is 2. The molecule has 20 heavy (non-hydrogen) atoms. The zero-order valence-corrected chi connectivity index (χ0v) is 11.9. The molecular weight excluding hydrogens is 274 g/mol. The second-order valence-electron chi connectivity index (χ2n) is 4.51. The quantitative estimate of drug-likeness (QED) is 0.796. The molecule has 0 amide bonds. The number of carbonyl (C=O) groups excluding carboxylic acids is 1. The van der Waals surface area contributed by atoms with E-state index < -0.39 is 0 Å². The Morgan fingerprint density at radius 2 is 2.50 bits per heavy atom. The van der Waals surface area contributed by atoms with Crippen molar-refractivity contribution in [2.24, 2.45) is 0 Å². The van der Waals surface area contributed by atoms with Gasteiger partial charge in [-0.1, -0.05) is 0 Å². The number of ether oxygens (including phenoxy) is 1. The first-order valence-electron chi connectivity index (χ1n) is 6.50. The highest BCUT2D eigenvalue weighted by Crippen LogP contribution is 2.36. The van der Waals surface area contributed by atoms with E-state index in [4.69, 9.17) is 4.74 Å². The van der Waals surface area contributed by atoms with Crippen LogP contribution < -0.4 is 0 Å². The van der Waals surface area contributed by atoms with Gasteiger partial charge in [0.15, 0.2) is 0 Å². The Hall–Kier alpha value is -2.13. The first-order valence-corrected chi connectivity index (χ1v) is 7.32. The summed E-state index contributed by atoms with van der Waals surface area (Å²) in [6, 6.07) is 4.00. The normalized spacial score (nSPS) is 13.0. The molecule has 102 valence electrons. The number of aromatic nitrogens is 2. The largest absolute Gasteiger partial charge is 0.462 e. The zero-order valence-electron chi connectivity index (χ0n) is 11.0. The van der Waals surface area contributed by atoms with Crippen LogP contribution in [0.25, 0.3) is 11.3 Å². The molecule has 1 aliphatic heterocycles. The van der Waals surface area contributed by atoms with E-state index in [1.54, 1.807) is 13.1 Å². The van der Waals surface area contributed by atoms with Crippen LogP contribution in [0, 0.1) is 11.3 Å². The van der Waals surface area contributed by atoms with Crippen LogP contribution in [-0.2, 0) is 17.7 Å². The van der Waals surface area contributed by atoms with Crippen molar-refractivity contribution in [3.05, 3.63) is 27.6 Å². The third-order valence-corrected chi connectivity index (χ3v) is 4.45. The highest BCUT2D eigenvalue weighted by Gasteiger charge is 2.24. The second kappa shape index (κ2) is 5.10. The molecule has 3 heterocycles. The van der Waals surface area contributed by atoms with Gasteiger partial charge < -0.3 is 4.74 Å². The third kappa shape index (κ3) is 2.00. The van der Waals surface area contributed by atoms with E-state index in [2.05, 4.69) is 11.2 Å². The van der Waals surface area contributed by atoms with E-state index >= 15 is 0 Å². The summed E-state index contributed by atoms with van der Waals surface area (Å²) >= 11 is 1.46. The fraction of sp³-hybridized carbons (Fsp3) is 0.357. The minimum atomic E-state index is -0.296. The fourth-order valence-corrected chi connectivity index (χ4v) is 3.52. The van der Waals surface area contributed by atoms with Crippen LogP contribution in [0.4, 0.5) is 0 Å². The summed E-state index contributed by atoms with van der Waals surface area (Å²) in [7, 11) is 0. The van der Waals surface area contributed by atoms with Gasteiger partial charge in [0, 0.05) is 17.0 Å². The topological polar surface area (TPSA) is 67.9 Å². The van der Waals surface area contributed by atoms with Crippen molar-refractivity contribution in [3.8, 4) is 17.3 Å². The van der Waals surface area contributed by atoms with E-state index in [1.807, 2.05) is 10.7 Å². The maximum absolute atomic E-state index is 11.9. The average Bonchev–Trinajstić information content (AvgIpc) is 2.99. The van der Waals surface area contributed by atoms with E-state index in [0.29, 0.717) is 17.0 Å². The van der Waals surface area contributed by atoms with Gasteiger partial charge in [0.25, 0.3) is 0 Å². The Balaban J connectivity index is 2.12. The van der Waals surface area contributed by atoms with Crippen molar-refractivity contribution < 1.29 is 9.53 Å². The minimum Gasteiger partial charge on any atom is -0.462 e. The molecule has 0 N–H and O–H groups in total. The van der Waals surface area contributed by atoms with Crippen molar-refractivity contribution in [3.63, 3.8) is 0 Å². The first-order chi connectivity index (χ1) is 9.74. The molecule has 3 rings (SSSR count). The lowest BCUT2D eigenvalue weighted by Gasteiger charge is -2.02. The Morgan fingerprint density at radius 3 is 3.25 bits per heavy atom. The Bertz CT molecular complexity index is 709. The second-order valence-corrected chi connectivity index (χ2v) is 5.65. The Kier molecular flexibility index (Phi) is 3.28. The summed E-state index contributed by atoms with van der Waals surface area (Å²) in [5.41, 5.74) is 2.33. The van der Waals surface area contributed by atoms with Crippen LogP contribution >= 0.6 is 11.3 Å². The highest BCUT2D eigenvalue weighted by atomic mass is 32.1. The first kappa shape index (κ1) is 12.9. The summed E-state index contributed by atoms with van der Waals surface area (Å²) in [5.74, 6) is -0.296. The molecule has 0 unspecified atom stereocenters. The van der Waals surface area contributed by atoms with Crippen LogP contribution in [0.2, 0.25) is 0 Å². The number of rotatable bonds is 2. The molecule has 6 heteroatoms. The van der Waals surface area contributed by atoms with Crippen molar-refractivity contribution in [1.82, 2.24) is 9.78 Å². The molecule has 2 aromatic heterocycles. The lowest BCUT2D eigenvalue weighted by Crippen LogP contribution is -2.02. The van der Waals surface area contributed by atoms with Gasteiger partial charge in [-0.25, -0.2) is 4.79 Å². The predicted octanol–water partition coefficient (Wildman–Crippen LogP) is 2.61. The van der Waals surface area contributed by atoms with E-state index in [-0.39, 0.29) is 5.97 Å². The van der Waals surface area contributed by atoms with Gasteiger partial charge in [-0.05, 0) is 25.8 Å². The molecular formula is C14H13N3O2S. The fourth-order valence-electron chi connectivity index (χ4n) is 2.43. The molecule has 2 aromatic rings. The van der Waals surface area contributed by atoms with Crippen molar-refractivity contribution in [2.75, 3.05) is 6.61 Å². The molecule has 0 fully saturated rings. The minimum absolute atomic E-state index is 0.296. The molecule has 0 saturated carbocycles. The summed E-state index contributed by atoms with van der Waals surface area (Å²) in [6.07, 6.45) is 3.44. The monoisotopic (exact) mass is 287 g/mol. The summed E-state index contributed by atoms with van der Waals surface area (Å²) in [6.45, 7) is 2.95. The number of thiophene rings is 1. The molecule has 0 radical (unpaired) electrons. The van der Waals surface area contributed by atoms with Crippen molar-refractivity contribution >= 4 is 17.3 Å². The smallest absolute Gasteiger partial charge is 0.348 e. The number of hydrogen-bond donors (Lipinski definition) is 0. The third-order valence-electron chi connectivity index (χ3n) is 3.27. The van der Waals surface area contributed by atoms with Gasteiger partial charge >= 0.3 is 5.97 Å². The zero-order chi connectivity index (χ0) is 14.1. The number of carbonyl (C=O) groups is 1.